The predicted molar refractivity (Wildman–Crippen MR) is 46.7 cm³/mol. The van der Waals surface area contributed by atoms with E-state index in [1.807, 2.05) is 0 Å². The Hall–Kier alpha value is -0.940. The molecule has 0 saturated heterocycles. The maximum Gasteiger partial charge on any atom is 0.266 e. The standard InChI is InChI=1S/C8H8ClF2NO2/c1-14-7-5(3-13)12-2-4(6(7)9)8(10)11/h2,8,13H,3H2,1H3. The van der Waals surface area contributed by atoms with Gasteiger partial charge in [-0.25, -0.2) is 8.78 Å². The first-order valence-electron chi connectivity index (χ1n) is 3.72. The van der Waals surface area contributed by atoms with Crippen LogP contribution in [0.1, 0.15) is 17.7 Å². The van der Waals surface area contributed by atoms with Gasteiger partial charge in [-0.1, -0.05) is 11.6 Å². The van der Waals surface area contributed by atoms with Gasteiger partial charge in [-0.3, -0.25) is 4.98 Å². The predicted octanol–water partition coefficient (Wildman–Crippen LogP) is 2.17. The molecule has 0 bridgehead atoms. The van der Waals surface area contributed by atoms with Gasteiger partial charge in [0.25, 0.3) is 6.43 Å². The van der Waals surface area contributed by atoms with Crippen LogP contribution in [0, 0.1) is 0 Å². The lowest BCUT2D eigenvalue weighted by atomic mass is 10.2. The lowest BCUT2D eigenvalue weighted by Crippen LogP contribution is -2.00. The maximum atomic E-state index is 12.3. The highest BCUT2D eigenvalue weighted by Crippen LogP contribution is 2.35. The van der Waals surface area contributed by atoms with Crippen molar-refractivity contribution >= 4 is 11.6 Å². The van der Waals surface area contributed by atoms with Crippen LogP contribution in [0.4, 0.5) is 8.78 Å². The van der Waals surface area contributed by atoms with Gasteiger partial charge < -0.3 is 9.84 Å². The van der Waals surface area contributed by atoms with Crippen LogP contribution in [0.3, 0.4) is 0 Å². The van der Waals surface area contributed by atoms with Gasteiger partial charge in [-0.2, -0.15) is 0 Å². The van der Waals surface area contributed by atoms with Crippen molar-refractivity contribution < 1.29 is 18.6 Å². The Morgan fingerprint density at radius 2 is 2.29 bits per heavy atom. The minimum atomic E-state index is -2.71. The minimum absolute atomic E-state index is 0.00744. The van der Waals surface area contributed by atoms with E-state index in [-0.39, 0.29) is 16.5 Å². The molecule has 3 nitrogen and oxygen atoms in total. The third-order valence-corrected chi connectivity index (χ3v) is 2.05. The summed E-state index contributed by atoms with van der Waals surface area (Å²) in [7, 11) is 1.28. The van der Waals surface area contributed by atoms with Crippen LogP contribution in [0.25, 0.3) is 0 Å². The fourth-order valence-electron chi connectivity index (χ4n) is 0.993. The van der Waals surface area contributed by atoms with Crippen molar-refractivity contribution in [3.63, 3.8) is 0 Å². The SMILES string of the molecule is COc1c(CO)ncc(C(F)F)c1Cl. The van der Waals surface area contributed by atoms with E-state index < -0.39 is 18.6 Å². The largest absolute Gasteiger partial charge is 0.493 e. The normalized spacial score (nSPS) is 10.7. The first-order chi connectivity index (χ1) is 6.61. The molecule has 14 heavy (non-hydrogen) atoms. The van der Waals surface area contributed by atoms with Gasteiger partial charge in [-0.05, 0) is 0 Å². The van der Waals surface area contributed by atoms with E-state index in [0.717, 1.165) is 6.20 Å². The summed E-state index contributed by atoms with van der Waals surface area (Å²) in [6.07, 6.45) is -1.78. The molecule has 1 aromatic rings. The summed E-state index contributed by atoms with van der Waals surface area (Å²) in [4.78, 5) is 3.61. The molecule has 1 aromatic heterocycles. The number of pyridine rings is 1. The van der Waals surface area contributed by atoms with E-state index >= 15 is 0 Å². The summed E-state index contributed by atoms with van der Waals surface area (Å²) in [5.74, 6) is -0.00744. The lowest BCUT2D eigenvalue weighted by Gasteiger charge is -2.10. The molecule has 1 N–H and O–H groups in total. The molecule has 0 atom stereocenters. The Bertz CT molecular complexity index is 333. The van der Waals surface area contributed by atoms with E-state index in [9.17, 15) is 8.78 Å². The maximum absolute atomic E-state index is 12.3. The van der Waals surface area contributed by atoms with Crippen LogP contribution in [-0.2, 0) is 6.61 Å². The van der Waals surface area contributed by atoms with Crippen molar-refractivity contribution in [1.29, 1.82) is 0 Å². The monoisotopic (exact) mass is 223 g/mol. The number of hydrogen-bond acceptors (Lipinski definition) is 3. The molecule has 0 aromatic carbocycles. The van der Waals surface area contributed by atoms with Crippen LogP contribution >= 0.6 is 11.6 Å². The van der Waals surface area contributed by atoms with Gasteiger partial charge >= 0.3 is 0 Å². The number of alkyl halides is 2. The molecular weight excluding hydrogens is 216 g/mol. The molecule has 0 aliphatic carbocycles. The first kappa shape index (κ1) is 11.1. The Kier molecular flexibility index (Phi) is 3.60. The molecule has 1 heterocycles. The van der Waals surface area contributed by atoms with Gasteiger partial charge in [0.15, 0.2) is 5.75 Å². The highest BCUT2D eigenvalue weighted by Gasteiger charge is 2.19. The van der Waals surface area contributed by atoms with Crippen molar-refractivity contribution in [2.45, 2.75) is 13.0 Å². The molecule has 1 rings (SSSR count). The van der Waals surface area contributed by atoms with E-state index in [1.54, 1.807) is 0 Å². The molecule has 0 amide bonds. The van der Waals surface area contributed by atoms with Crippen molar-refractivity contribution in [1.82, 2.24) is 4.98 Å². The molecule has 0 fully saturated rings. The molecule has 0 unspecified atom stereocenters. The quantitative estimate of drug-likeness (QED) is 0.854. The second kappa shape index (κ2) is 4.52. The molecule has 0 radical (unpaired) electrons. The first-order valence-corrected chi connectivity index (χ1v) is 4.09. The summed E-state index contributed by atoms with van der Waals surface area (Å²) in [5, 5.41) is 8.61. The second-order valence-electron chi connectivity index (χ2n) is 2.47. The fourth-order valence-corrected chi connectivity index (χ4v) is 1.31. The Labute approximate surface area is 84.3 Å². The molecule has 0 spiro atoms. The lowest BCUT2D eigenvalue weighted by molar-refractivity contribution is 0.150. The summed E-state index contributed by atoms with van der Waals surface area (Å²) in [5.41, 5.74) is -0.261. The average Bonchev–Trinajstić information content (AvgIpc) is 2.16. The molecule has 0 aliphatic rings. The second-order valence-corrected chi connectivity index (χ2v) is 2.84. The summed E-state index contributed by atoms with van der Waals surface area (Å²) in [6.45, 7) is -0.410. The van der Waals surface area contributed by atoms with Crippen LogP contribution in [0.2, 0.25) is 5.02 Å². The third-order valence-electron chi connectivity index (χ3n) is 1.66. The summed E-state index contributed by atoms with van der Waals surface area (Å²) >= 11 is 5.63. The van der Waals surface area contributed by atoms with Crippen molar-refractivity contribution in [2.75, 3.05) is 7.11 Å². The number of hydrogen-bond donors (Lipinski definition) is 1. The zero-order valence-corrected chi connectivity index (χ0v) is 8.05. The zero-order chi connectivity index (χ0) is 10.7. The third kappa shape index (κ3) is 1.93. The average molecular weight is 224 g/mol. The number of halogens is 3. The van der Waals surface area contributed by atoms with E-state index in [1.165, 1.54) is 7.11 Å². The van der Waals surface area contributed by atoms with Gasteiger partial charge in [0.2, 0.25) is 0 Å². The number of rotatable bonds is 3. The number of aliphatic hydroxyl groups excluding tert-OH is 1. The van der Waals surface area contributed by atoms with Gasteiger partial charge in [0.1, 0.15) is 5.69 Å². The van der Waals surface area contributed by atoms with E-state index in [0.29, 0.717) is 0 Å². The van der Waals surface area contributed by atoms with Crippen LogP contribution in [0.5, 0.6) is 5.75 Å². The molecule has 78 valence electrons. The smallest absolute Gasteiger partial charge is 0.266 e. The Morgan fingerprint density at radius 1 is 1.64 bits per heavy atom. The topological polar surface area (TPSA) is 42.4 Å². The molecule has 0 aliphatic heterocycles. The Morgan fingerprint density at radius 3 is 2.71 bits per heavy atom. The highest BCUT2D eigenvalue weighted by molar-refractivity contribution is 6.32. The van der Waals surface area contributed by atoms with Crippen LogP contribution in [0.15, 0.2) is 6.20 Å². The Balaban J connectivity index is 3.27. The van der Waals surface area contributed by atoms with Crippen molar-refractivity contribution in [3.05, 3.63) is 22.5 Å². The number of aliphatic hydroxyl groups is 1. The van der Waals surface area contributed by atoms with Gasteiger partial charge in [-0.15, -0.1) is 0 Å². The number of methoxy groups -OCH3 is 1. The molecule has 6 heteroatoms. The van der Waals surface area contributed by atoms with E-state index in [2.05, 4.69) is 4.98 Å². The number of nitrogens with zero attached hydrogens (tertiary/aromatic N) is 1. The van der Waals surface area contributed by atoms with Crippen molar-refractivity contribution in [3.8, 4) is 5.75 Å². The fraction of sp³-hybridized carbons (Fsp3) is 0.375. The summed E-state index contributed by atoms with van der Waals surface area (Å²) in [6, 6.07) is 0. The van der Waals surface area contributed by atoms with Gasteiger partial charge in [0.05, 0.1) is 24.3 Å². The highest BCUT2D eigenvalue weighted by atomic mass is 35.5. The number of ether oxygens (including phenoxy) is 1. The zero-order valence-electron chi connectivity index (χ0n) is 7.30. The van der Waals surface area contributed by atoms with E-state index in [4.69, 9.17) is 21.4 Å². The van der Waals surface area contributed by atoms with Crippen LogP contribution in [-0.4, -0.2) is 17.2 Å². The van der Waals surface area contributed by atoms with Gasteiger partial charge in [0, 0.05) is 6.20 Å². The number of aromatic nitrogens is 1. The molecule has 0 saturated carbocycles. The van der Waals surface area contributed by atoms with Crippen LogP contribution < -0.4 is 4.74 Å². The summed E-state index contributed by atoms with van der Waals surface area (Å²) < 4.78 is 29.4. The van der Waals surface area contributed by atoms with Crippen molar-refractivity contribution in [2.24, 2.45) is 0 Å². The molecular formula is C8H8ClF2NO2. The minimum Gasteiger partial charge on any atom is -0.493 e.